The van der Waals surface area contributed by atoms with Crippen molar-refractivity contribution in [1.29, 1.82) is 0 Å². The summed E-state index contributed by atoms with van der Waals surface area (Å²) in [6.07, 6.45) is 1.65. The maximum absolute atomic E-state index is 11.7. The van der Waals surface area contributed by atoms with Gasteiger partial charge in [0.05, 0.1) is 6.54 Å². The van der Waals surface area contributed by atoms with Crippen LogP contribution in [0, 0.1) is 0 Å². The molecule has 0 saturated heterocycles. The summed E-state index contributed by atoms with van der Waals surface area (Å²) in [5, 5.41) is 1.98. The van der Waals surface area contributed by atoms with Crippen molar-refractivity contribution in [3.63, 3.8) is 0 Å². The normalized spacial score (nSPS) is 11.1. The number of rotatable bonds is 2. The van der Waals surface area contributed by atoms with E-state index < -0.39 is 0 Å². The highest BCUT2D eigenvalue weighted by atomic mass is 79.9. The molecule has 3 aromatic rings. The summed E-state index contributed by atoms with van der Waals surface area (Å²) >= 11 is 4.98. The fourth-order valence-electron chi connectivity index (χ4n) is 1.63. The Balaban J connectivity index is 2.11. The van der Waals surface area contributed by atoms with Gasteiger partial charge in [0.25, 0.3) is 0 Å². The fourth-order valence-corrected chi connectivity index (χ4v) is 3.07. The number of hydrogen-bond acceptors (Lipinski definition) is 4. The summed E-state index contributed by atoms with van der Waals surface area (Å²) in [5.41, 5.74) is 1.11. The lowest BCUT2D eigenvalue weighted by Gasteiger charge is -1.97. The SMILES string of the molecule is O=c1oc2cccnc2n1Cc1cc(Br)cs1. The molecule has 3 aromatic heterocycles. The molecule has 0 atom stereocenters. The molecule has 0 bridgehead atoms. The van der Waals surface area contributed by atoms with Crippen LogP contribution in [0.15, 0.2) is 43.5 Å². The maximum atomic E-state index is 11.7. The fraction of sp³-hybridized carbons (Fsp3) is 0.0909. The number of oxazole rings is 1. The maximum Gasteiger partial charge on any atom is 0.421 e. The van der Waals surface area contributed by atoms with E-state index in [2.05, 4.69) is 20.9 Å². The van der Waals surface area contributed by atoms with Crippen molar-refractivity contribution in [3.05, 3.63) is 49.7 Å². The van der Waals surface area contributed by atoms with Gasteiger partial charge >= 0.3 is 5.76 Å². The van der Waals surface area contributed by atoms with Gasteiger partial charge in [-0.15, -0.1) is 11.3 Å². The van der Waals surface area contributed by atoms with Crippen molar-refractivity contribution in [1.82, 2.24) is 9.55 Å². The first-order valence-electron chi connectivity index (χ1n) is 4.91. The summed E-state index contributed by atoms with van der Waals surface area (Å²) in [6.45, 7) is 0.485. The highest BCUT2D eigenvalue weighted by Crippen LogP contribution is 2.21. The Morgan fingerprint density at radius 1 is 1.53 bits per heavy atom. The average molecular weight is 311 g/mol. The highest BCUT2D eigenvalue weighted by Gasteiger charge is 2.10. The molecule has 0 aliphatic heterocycles. The largest absolute Gasteiger partial charge is 0.421 e. The van der Waals surface area contributed by atoms with Crippen LogP contribution in [0.5, 0.6) is 0 Å². The van der Waals surface area contributed by atoms with Crippen LogP contribution >= 0.6 is 27.3 Å². The number of hydrogen-bond donors (Lipinski definition) is 0. The van der Waals surface area contributed by atoms with Gasteiger partial charge in [-0.3, -0.25) is 4.57 Å². The predicted octanol–water partition coefficient (Wildman–Crippen LogP) is 2.86. The van der Waals surface area contributed by atoms with Crippen molar-refractivity contribution in [3.8, 4) is 0 Å². The molecule has 0 spiro atoms. The quantitative estimate of drug-likeness (QED) is 0.731. The van der Waals surface area contributed by atoms with Gasteiger partial charge in [0.1, 0.15) is 0 Å². The number of fused-ring (bicyclic) bond motifs is 1. The summed E-state index contributed by atoms with van der Waals surface area (Å²) in [7, 11) is 0. The Morgan fingerprint density at radius 3 is 3.18 bits per heavy atom. The predicted molar refractivity (Wildman–Crippen MR) is 69.4 cm³/mol. The summed E-state index contributed by atoms with van der Waals surface area (Å²) in [5.74, 6) is -0.372. The van der Waals surface area contributed by atoms with Crippen LogP contribution in [0.3, 0.4) is 0 Å². The number of nitrogens with zero attached hydrogens (tertiary/aromatic N) is 2. The van der Waals surface area contributed by atoms with Gasteiger partial charge < -0.3 is 4.42 Å². The molecule has 0 radical (unpaired) electrons. The third-order valence-corrected chi connectivity index (χ3v) is 4.04. The van der Waals surface area contributed by atoms with Crippen LogP contribution in [-0.4, -0.2) is 9.55 Å². The van der Waals surface area contributed by atoms with Crippen LogP contribution in [0.4, 0.5) is 0 Å². The summed E-state index contributed by atoms with van der Waals surface area (Å²) in [4.78, 5) is 16.9. The Labute approximate surface area is 109 Å². The standard InChI is InChI=1S/C11H7BrN2O2S/c12-7-4-8(17-6-7)5-14-10-9(16-11(14)15)2-1-3-13-10/h1-4,6H,5H2. The average Bonchev–Trinajstić information content (AvgIpc) is 2.85. The van der Waals surface area contributed by atoms with Crippen LogP contribution in [-0.2, 0) is 6.54 Å². The lowest BCUT2D eigenvalue weighted by Crippen LogP contribution is -2.14. The minimum absolute atomic E-state index is 0.372. The number of aromatic nitrogens is 2. The molecule has 0 aromatic carbocycles. The molecule has 0 saturated carbocycles. The zero-order valence-corrected chi connectivity index (χ0v) is 11.0. The second-order valence-electron chi connectivity index (χ2n) is 3.51. The van der Waals surface area contributed by atoms with Gasteiger partial charge in [0.2, 0.25) is 0 Å². The van der Waals surface area contributed by atoms with E-state index in [4.69, 9.17) is 4.42 Å². The Bertz CT molecular complexity index is 728. The number of pyridine rings is 1. The smallest absolute Gasteiger partial charge is 0.406 e. The van der Waals surface area contributed by atoms with Gasteiger partial charge in [-0.2, -0.15) is 0 Å². The molecule has 0 unspecified atom stereocenters. The molecule has 6 heteroatoms. The molecule has 17 heavy (non-hydrogen) atoms. The van der Waals surface area contributed by atoms with E-state index in [-0.39, 0.29) is 5.76 Å². The molecule has 0 aliphatic carbocycles. The lowest BCUT2D eigenvalue weighted by molar-refractivity contribution is 0.518. The molecular formula is C11H7BrN2O2S. The van der Waals surface area contributed by atoms with E-state index >= 15 is 0 Å². The highest BCUT2D eigenvalue weighted by molar-refractivity contribution is 9.10. The van der Waals surface area contributed by atoms with E-state index in [9.17, 15) is 4.79 Å². The van der Waals surface area contributed by atoms with Crippen molar-refractivity contribution < 1.29 is 4.42 Å². The molecule has 0 aliphatic rings. The van der Waals surface area contributed by atoms with Crippen LogP contribution in [0.2, 0.25) is 0 Å². The Kier molecular flexibility index (Phi) is 2.60. The van der Waals surface area contributed by atoms with Crippen LogP contribution in [0.25, 0.3) is 11.2 Å². The minimum Gasteiger partial charge on any atom is -0.406 e. The van der Waals surface area contributed by atoms with Crippen molar-refractivity contribution in [2.75, 3.05) is 0 Å². The molecule has 3 rings (SSSR count). The zero-order valence-electron chi connectivity index (χ0n) is 8.59. The van der Waals surface area contributed by atoms with Gasteiger partial charge in [-0.25, -0.2) is 9.78 Å². The lowest BCUT2D eigenvalue weighted by atomic mass is 10.4. The van der Waals surface area contributed by atoms with E-state index in [1.165, 1.54) is 4.57 Å². The molecular weight excluding hydrogens is 304 g/mol. The molecule has 86 valence electrons. The first-order chi connectivity index (χ1) is 8.24. The monoisotopic (exact) mass is 310 g/mol. The Morgan fingerprint density at radius 2 is 2.41 bits per heavy atom. The second-order valence-corrected chi connectivity index (χ2v) is 5.42. The van der Waals surface area contributed by atoms with E-state index in [0.717, 1.165) is 9.35 Å². The van der Waals surface area contributed by atoms with Gasteiger partial charge in [0.15, 0.2) is 11.2 Å². The van der Waals surface area contributed by atoms with Crippen molar-refractivity contribution in [2.24, 2.45) is 0 Å². The molecule has 0 N–H and O–H groups in total. The first-order valence-corrected chi connectivity index (χ1v) is 6.58. The molecule has 0 amide bonds. The number of thiophene rings is 1. The minimum atomic E-state index is -0.372. The third-order valence-electron chi connectivity index (χ3n) is 2.36. The second kappa shape index (κ2) is 4.12. The van der Waals surface area contributed by atoms with E-state index in [1.807, 2.05) is 11.4 Å². The van der Waals surface area contributed by atoms with Gasteiger partial charge in [-0.1, -0.05) is 0 Å². The summed E-state index contributed by atoms with van der Waals surface area (Å²) < 4.78 is 7.67. The third kappa shape index (κ3) is 1.94. The molecule has 0 fully saturated rings. The topological polar surface area (TPSA) is 48.0 Å². The van der Waals surface area contributed by atoms with Crippen LogP contribution in [0.1, 0.15) is 4.88 Å². The van der Waals surface area contributed by atoms with E-state index in [1.54, 1.807) is 29.7 Å². The van der Waals surface area contributed by atoms with E-state index in [0.29, 0.717) is 17.8 Å². The Hall–Kier alpha value is -1.40. The van der Waals surface area contributed by atoms with Gasteiger partial charge in [0, 0.05) is 20.9 Å². The van der Waals surface area contributed by atoms with Crippen molar-refractivity contribution >= 4 is 38.5 Å². The molecule has 3 heterocycles. The van der Waals surface area contributed by atoms with Crippen LogP contribution < -0.4 is 5.76 Å². The van der Waals surface area contributed by atoms with Crippen molar-refractivity contribution in [2.45, 2.75) is 6.54 Å². The first kappa shape index (κ1) is 10.7. The summed E-state index contributed by atoms with van der Waals surface area (Å²) in [6, 6.07) is 5.47. The number of halogens is 1. The van der Waals surface area contributed by atoms with Gasteiger partial charge in [-0.05, 0) is 34.1 Å². The molecule has 4 nitrogen and oxygen atoms in total. The zero-order chi connectivity index (χ0) is 11.8.